The molecule has 0 bridgehead atoms. The molecule has 0 unspecified atom stereocenters. The number of rotatable bonds is 1. The van der Waals surface area contributed by atoms with Crippen molar-refractivity contribution < 1.29 is 9.47 Å². The van der Waals surface area contributed by atoms with Crippen LogP contribution in [0.5, 0.6) is 11.5 Å². The maximum Gasteiger partial charge on any atom is 0.231 e. The second-order valence-corrected chi connectivity index (χ2v) is 2.86. The van der Waals surface area contributed by atoms with E-state index in [1.54, 1.807) is 30.3 Å². The van der Waals surface area contributed by atoms with Crippen LogP contribution in [0.2, 0.25) is 0 Å². The Bertz CT molecular complexity index is 490. The van der Waals surface area contributed by atoms with Gasteiger partial charge in [-0.3, -0.25) is 0 Å². The van der Waals surface area contributed by atoms with Gasteiger partial charge in [0, 0.05) is 5.56 Å². The Morgan fingerprint density at radius 1 is 1.27 bits per heavy atom. The number of allylic oxidation sites excluding steroid dienone is 1. The number of nitriles is 2. The quantitative estimate of drug-likeness (QED) is 0.646. The summed E-state index contributed by atoms with van der Waals surface area (Å²) in [6, 6.07) is 8.92. The van der Waals surface area contributed by atoms with Crippen LogP contribution in [0.15, 0.2) is 23.8 Å². The van der Waals surface area contributed by atoms with Gasteiger partial charge in [0.2, 0.25) is 6.79 Å². The number of benzene rings is 1. The van der Waals surface area contributed by atoms with Crippen LogP contribution in [0.1, 0.15) is 5.56 Å². The number of hydrogen-bond donors (Lipinski definition) is 0. The minimum Gasteiger partial charge on any atom is -0.454 e. The summed E-state index contributed by atoms with van der Waals surface area (Å²) in [5, 5.41) is 17.2. The van der Waals surface area contributed by atoms with Gasteiger partial charge in [0.05, 0.1) is 0 Å². The van der Waals surface area contributed by atoms with Gasteiger partial charge in [0.15, 0.2) is 11.5 Å². The lowest BCUT2D eigenvalue weighted by Crippen LogP contribution is -1.93. The minimum atomic E-state index is 0.0406. The van der Waals surface area contributed by atoms with Gasteiger partial charge in [0.25, 0.3) is 0 Å². The molecule has 1 aliphatic rings. The third-order valence-corrected chi connectivity index (χ3v) is 1.97. The van der Waals surface area contributed by atoms with E-state index in [4.69, 9.17) is 20.0 Å². The van der Waals surface area contributed by atoms with E-state index in [0.717, 1.165) is 0 Å². The largest absolute Gasteiger partial charge is 0.454 e. The second kappa shape index (κ2) is 3.73. The van der Waals surface area contributed by atoms with Crippen molar-refractivity contribution in [2.75, 3.05) is 6.79 Å². The molecule has 0 spiro atoms. The second-order valence-electron chi connectivity index (χ2n) is 2.86. The molecule has 0 saturated carbocycles. The molecule has 0 radical (unpaired) electrons. The normalized spacial score (nSPS) is 11.3. The highest BCUT2D eigenvalue weighted by Crippen LogP contribution is 2.36. The molecule has 1 aromatic carbocycles. The van der Waals surface area contributed by atoms with Gasteiger partial charge in [-0.15, -0.1) is 0 Å². The number of hydrogen-bond acceptors (Lipinski definition) is 4. The molecule has 0 atom stereocenters. The van der Waals surface area contributed by atoms with E-state index < -0.39 is 0 Å². The molecule has 1 aliphatic heterocycles. The van der Waals surface area contributed by atoms with Crippen molar-refractivity contribution in [1.82, 2.24) is 0 Å². The highest BCUT2D eigenvalue weighted by atomic mass is 16.7. The maximum absolute atomic E-state index is 8.62. The van der Waals surface area contributed by atoms with Crippen LogP contribution in [0.4, 0.5) is 0 Å². The predicted molar refractivity (Wildman–Crippen MR) is 51.8 cm³/mol. The summed E-state index contributed by atoms with van der Waals surface area (Å²) >= 11 is 0. The molecular formula is C11H6N2O2. The van der Waals surface area contributed by atoms with Crippen molar-refractivity contribution in [1.29, 1.82) is 10.5 Å². The monoisotopic (exact) mass is 198 g/mol. The fraction of sp³-hybridized carbons (Fsp3) is 0.0909. The standard InChI is InChI=1S/C11H6N2O2/c12-5-8(6-13)4-9-2-1-3-10-11(9)15-7-14-10/h1-4H,7H2. The first-order valence-corrected chi connectivity index (χ1v) is 4.25. The third-order valence-electron chi connectivity index (χ3n) is 1.97. The maximum atomic E-state index is 8.62. The molecule has 15 heavy (non-hydrogen) atoms. The van der Waals surface area contributed by atoms with Crippen LogP contribution in [0.25, 0.3) is 6.08 Å². The third kappa shape index (κ3) is 1.61. The molecule has 2 rings (SSSR count). The van der Waals surface area contributed by atoms with E-state index in [1.165, 1.54) is 6.08 Å². The van der Waals surface area contributed by atoms with Crippen LogP contribution >= 0.6 is 0 Å². The van der Waals surface area contributed by atoms with E-state index >= 15 is 0 Å². The molecule has 0 amide bonds. The Morgan fingerprint density at radius 2 is 2.07 bits per heavy atom. The number of fused-ring (bicyclic) bond motifs is 1. The summed E-state index contributed by atoms with van der Waals surface area (Å²) in [6.45, 7) is 0.175. The van der Waals surface area contributed by atoms with Crippen molar-refractivity contribution in [3.63, 3.8) is 0 Å². The molecule has 1 aromatic rings. The Kier molecular flexibility index (Phi) is 2.26. The lowest BCUT2D eigenvalue weighted by molar-refractivity contribution is 0.174. The molecule has 0 aromatic heterocycles. The summed E-state index contributed by atoms with van der Waals surface area (Å²) in [5.41, 5.74) is 0.724. The SMILES string of the molecule is N#CC(C#N)=Cc1cccc2c1OCO2. The fourth-order valence-corrected chi connectivity index (χ4v) is 1.31. The lowest BCUT2D eigenvalue weighted by Gasteiger charge is -1.99. The Balaban J connectivity index is 2.48. The number of para-hydroxylation sites is 1. The number of nitrogens with zero attached hydrogens (tertiary/aromatic N) is 2. The average Bonchev–Trinajstić information content (AvgIpc) is 2.74. The van der Waals surface area contributed by atoms with Gasteiger partial charge in [-0.2, -0.15) is 10.5 Å². The summed E-state index contributed by atoms with van der Waals surface area (Å²) in [5.74, 6) is 1.22. The molecule has 4 heteroatoms. The van der Waals surface area contributed by atoms with Crippen molar-refractivity contribution in [3.05, 3.63) is 29.3 Å². The van der Waals surface area contributed by atoms with Crippen molar-refractivity contribution >= 4 is 6.08 Å². The zero-order valence-corrected chi connectivity index (χ0v) is 7.73. The smallest absolute Gasteiger partial charge is 0.231 e. The van der Waals surface area contributed by atoms with E-state index in [0.29, 0.717) is 17.1 Å². The van der Waals surface area contributed by atoms with Crippen molar-refractivity contribution in [2.45, 2.75) is 0 Å². The molecule has 0 N–H and O–H groups in total. The Morgan fingerprint density at radius 3 is 2.80 bits per heavy atom. The molecule has 0 saturated heterocycles. The molecule has 1 heterocycles. The van der Waals surface area contributed by atoms with Gasteiger partial charge in [0.1, 0.15) is 17.7 Å². The molecule has 72 valence electrons. The van der Waals surface area contributed by atoms with Crippen molar-refractivity contribution in [2.24, 2.45) is 0 Å². The predicted octanol–water partition coefficient (Wildman–Crippen LogP) is 1.85. The molecule has 4 nitrogen and oxygen atoms in total. The van der Waals surface area contributed by atoms with Gasteiger partial charge < -0.3 is 9.47 Å². The zero-order valence-electron chi connectivity index (χ0n) is 7.73. The van der Waals surface area contributed by atoms with E-state index in [1.807, 2.05) is 0 Å². The summed E-state index contributed by atoms with van der Waals surface area (Å²) in [7, 11) is 0. The first-order chi connectivity index (χ1) is 7.35. The summed E-state index contributed by atoms with van der Waals surface area (Å²) in [6.07, 6.45) is 1.48. The van der Waals surface area contributed by atoms with Crippen LogP contribution in [0.3, 0.4) is 0 Å². The summed E-state index contributed by atoms with van der Waals surface area (Å²) in [4.78, 5) is 0. The van der Waals surface area contributed by atoms with Crippen molar-refractivity contribution in [3.8, 4) is 23.6 Å². The Hall–Kier alpha value is -2.46. The highest BCUT2D eigenvalue weighted by molar-refractivity contribution is 5.69. The molecule has 0 fully saturated rings. The molecule has 0 aliphatic carbocycles. The fourth-order valence-electron chi connectivity index (χ4n) is 1.31. The number of ether oxygens (including phenoxy) is 2. The Labute approximate surface area is 86.6 Å². The van der Waals surface area contributed by atoms with Crippen LogP contribution in [-0.4, -0.2) is 6.79 Å². The van der Waals surface area contributed by atoms with Crippen LogP contribution in [0, 0.1) is 22.7 Å². The van der Waals surface area contributed by atoms with E-state index in [-0.39, 0.29) is 12.4 Å². The van der Waals surface area contributed by atoms with E-state index in [2.05, 4.69) is 0 Å². The lowest BCUT2D eigenvalue weighted by atomic mass is 10.1. The first-order valence-electron chi connectivity index (χ1n) is 4.25. The van der Waals surface area contributed by atoms with Gasteiger partial charge in [-0.25, -0.2) is 0 Å². The average molecular weight is 198 g/mol. The first kappa shape index (κ1) is 9.11. The minimum absolute atomic E-state index is 0.0406. The highest BCUT2D eigenvalue weighted by Gasteiger charge is 2.16. The topological polar surface area (TPSA) is 66.0 Å². The van der Waals surface area contributed by atoms with Crippen LogP contribution in [-0.2, 0) is 0 Å². The molecular weight excluding hydrogens is 192 g/mol. The zero-order chi connectivity index (χ0) is 10.7. The summed E-state index contributed by atoms with van der Waals surface area (Å²) < 4.78 is 10.4. The van der Waals surface area contributed by atoms with Crippen LogP contribution < -0.4 is 9.47 Å². The van der Waals surface area contributed by atoms with E-state index in [9.17, 15) is 0 Å². The van der Waals surface area contributed by atoms with Gasteiger partial charge >= 0.3 is 0 Å². The van der Waals surface area contributed by atoms with Gasteiger partial charge in [-0.05, 0) is 12.1 Å². The van der Waals surface area contributed by atoms with Gasteiger partial charge in [-0.1, -0.05) is 12.1 Å².